The third kappa shape index (κ3) is 3.12. The molecule has 3 N–H and O–H groups in total. The molecule has 124 valence electrons. The number of nitrogens with one attached hydrogen (secondary N) is 1. The second kappa shape index (κ2) is 6.07. The molecule has 0 saturated carbocycles. The molecule has 23 heavy (non-hydrogen) atoms. The fourth-order valence-electron chi connectivity index (χ4n) is 2.66. The first-order chi connectivity index (χ1) is 10.8. The number of thiophene rings is 1. The van der Waals surface area contributed by atoms with Gasteiger partial charge in [0.25, 0.3) is 5.91 Å². The summed E-state index contributed by atoms with van der Waals surface area (Å²) in [6.07, 6.45) is 0.194. The van der Waals surface area contributed by atoms with Gasteiger partial charge in [-0.1, -0.05) is 6.07 Å². The molecule has 2 aliphatic rings. The van der Waals surface area contributed by atoms with E-state index >= 15 is 0 Å². The van der Waals surface area contributed by atoms with Gasteiger partial charge in [0.05, 0.1) is 6.42 Å². The molecule has 1 aromatic heterocycles. The smallest absolute Gasteiger partial charge is 0.341 e. The third-order valence-electron chi connectivity index (χ3n) is 3.63. The molecule has 2 aliphatic heterocycles. The maximum atomic E-state index is 12.3. The average molecular weight is 374 g/mol. The maximum Gasteiger partial charge on any atom is 0.372 e. The Morgan fingerprint density at radius 3 is 2.87 bits per heavy atom. The van der Waals surface area contributed by atoms with Crippen molar-refractivity contribution in [3.8, 4) is 0 Å². The van der Waals surface area contributed by atoms with E-state index < -0.39 is 24.9 Å². The summed E-state index contributed by atoms with van der Waals surface area (Å²) in [5.41, 5.74) is 0.284. The zero-order valence-corrected chi connectivity index (χ0v) is 14.7. The lowest BCUT2D eigenvalue weighted by Crippen LogP contribution is -2.69. The Morgan fingerprint density at radius 1 is 1.52 bits per heavy atom. The number of fused-ring (bicyclic) bond motifs is 1. The predicted molar refractivity (Wildman–Crippen MR) is 87.8 cm³/mol. The summed E-state index contributed by atoms with van der Waals surface area (Å²) < 4.78 is 11.6. The van der Waals surface area contributed by atoms with Gasteiger partial charge in [-0.25, -0.2) is 0 Å². The van der Waals surface area contributed by atoms with Gasteiger partial charge in [-0.15, -0.1) is 23.1 Å². The Labute approximate surface area is 140 Å². The molecule has 1 fully saturated rings. The minimum Gasteiger partial charge on any atom is -0.341 e. The van der Waals surface area contributed by atoms with E-state index in [1.165, 1.54) is 23.1 Å². The Balaban J connectivity index is 1.71. The second-order valence-corrected chi connectivity index (χ2v) is 9.01. The number of hydrogen-bond donors (Lipinski definition) is 3. The molecule has 0 spiro atoms. The van der Waals surface area contributed by atoms with E-state index in [-0.39, 0.29) is 17.8 Å². The lowest BCUT2D eigenvalue weighted by Gasteiger charge is -2.50. The highest BCUT2D eigenvalue weighted by atomic mass is 32.2. The van der Waals surface area contributed by atoms with Gasteiger partial charge in [-0.2, -0.15) is 0 Å². The quantitative estimate of drug-likeness (QED) is 0.538. The summed E-state index contributed by atoms with van der Waals surface area (Å²) in [7, 11) is -4.52. The zero-order chi connectivity index (χ0) is 16.8. The number of hydrogen-bond acceptors (Lipinski definition) is 5. The van der Waals surface area contributed by atoms with E-state index in [1.54, 1.807) is 6.92 Å². The zero-order valence-electron chi connectivity index (χ0n) is 12.1. The molecule has 10 heteroatoms. The number of amides is 2. The van der Waals surface area contributed by atoms with E-state index in [9.17, 15) is 23.9 Å². The van der Waals surface area contributed by atoms with Crippen molar-refractivity contribution in [2.45, 2.75) is 24.8 Å². The highest BCUT2D eigenvalue weighted by Gasteiger charge is 2.55. The van der Waals surface area contributed by atoms with Crippen molar-refractivity contribution < 1.29 is 23.9 Å². The van der Waals surface area contributed by atoms with Crippen LogP contribution in [0.1, 0.15) is 11.8 Å². The Morgan fingerprint density at radius 2 is 2.26 bits per heavy atom. The molecule has 0 bridgehead atoms. The number of carbonyl (C=O) groups excluding carboxylic acids is 2. The largest absolute Gasteiger partial charge is 0.372 e. The van der Waals surface area contributed by atoms with Crippen LogP contribution in [-0.4, -0.2) is 43.7 Å². The van der Waals surface area contributed by atoms with Crippen molar-refractivity contribution in [1.82, 2.24) is 10.2 Å². The van der Waals surface area contributed by atoms with Gasteiger partial charge in [0, 0.05) is 10.6 Å². The van der Waals surface area contributed by atoms with Gasteiger partial charge < -0.3 is 15.1 Å². The van der Waals surface area contributed by atoms with E-state index in [2.05, 4.69) is 5.32 Å². The van der Waals surface area contributed by atoms with Crippen LogP contribution in [0.4, 0.5) is 0 Å². The van der Waals surface area contributed by atoms with Crippen molar-refractivity contribution in [2.24, 2.45) is 0 Å². The number of β-lactam (4-membered cyclic amide) rings is 1. The summed E-state index contributed by atoms with van der Waals surface area (Å²) in [6.45, 7) is 1.60. The van der Waals surface area contributed by atoms with Crippen LogP contribution < -0.4 is 5.32 Å². The number of thioether (sulfide) groups is 1. The van der Waals surface area contributed by atoms with Crippen LogP contribution in [0, 0.1) is 0 Å². The summed E-state index contributed by atoms with van der Waals surface area (Å²) in [5, 5.41) is 4.08. The average Bonchev–Trinajstić information content (AvgIpc) is 2.96. The fourth-order valence-corrected chi connectivity index (χ4v) is 5.92. The summed E-state index contributed by atoms with van der Waals surface area (Å²) >= 11 is 2.85. The van der Waals surface area contributed by atoms with Gasteiger partial charge in [-0.05, 0) is 23.9 Å². The summed E-state index contributed by atoms with van der Waals surface area (Å²) in [4.78, 5) is 45.2. The van der Waals surface area contributed by atoms with Crippen molar-refractivity contribution >= 4 is 42.5 Å². The van der Waals surface area contributed by atoms with Crippen molar-refractivity contribution in [2.75, 3.05) is 5.75 Å². The van der Waals surface area contributed by atoms with Crippen molar-refractivity contribution in [3.05, 3.63) is 33.4 Å². The van der Waals surface area contributed by atoms with Gasteiger partial charge in [0.2, 0.25) is 5.91 Å². The molecule has 0 aromatic carbocycles. The van der Waals surface area contributed by atoms with Crippen molar-refractivity contribution in [3.63, 3.8) is 0 Å². The monoisotopic (exact) mass is 374 g/mol. The molecule has 0 radical (unpaired) electrons. The van der Waals surface area contributed by atoms with Gasteiger partial charge in [0.1, 0.15) is 16.9 Å². The first kappa shape index (κ1) is 16.7. The first-order valence-corrected chi connectivity index (χ1v) is 10.4. The summed E-state index contributed by atoms with van der Waals surface area (Å²) in [6, 6.07) is 2.95. The Kier molecular flexibility index (Phi) is 4.41. The standard InChI is InChI=1S/C13H15N2O5PS2/c1-7-6-23-13-10(11(17)15(13)12(7)21(18,19)20)14-9(16)5-8-3-2-4-22-8/h2-4,10,13H,5-6H2,1H3,(H,14,16)(H2,18,19,20)/t10-,13+/m1/s1. The third-order valence-corrected chi connectivity index (χ3v) is 7.08. The SMILES string of the molecule is CC1=C(P(=O)(O)O)N2C(=O)[C@@H](NC(=O)Cc3cccs3)[C@@H]2SC1. The predicted octanol–water partition coefficient (Wildman–Crippen LogP) is 1.10. The lowest BCUT2D eigenvalue weighted by molar-refractivity contribution is -0.145. The molecule has 1 aromatic rings. The molecule has 2 atom stereocenters. The van der Waals surface area contributed by atoms with Crippen LogP contribution in [0.15, 0.2) is 28.5 Å². The van der Waals surface area contributed by atoms with E-state index in [0.717, 1.165) is 9.78 Å². The molecule has 2 amide bonds. The normalized spacial score (nSPS) is 24.3. The van der Waals surface area contributed by atoms with Gasteiger partial charge in [-0.3, -0.25) is 19.1 Å². The fraction of sp³-hybridized carbons (Fsp3) is 0.385. The van der Waals surface area contributed by atoms with Crippen LogP contribution in [0.2, 0.25) is 0 Å². The Hall–Kier alpha value is -1.12. The number of carbonyl (C=O) groups is 2. The lowest BCUT2D eigenvalue weighted by atomic mass is 10.1. The molecular formula is C13H15N2O5PS2. The molecule has 3 rings (SSSR count). The van der Waals surface area contributed by atoms with Crippen molar-refractivity contribution in [1.29, 1.82) is 0 Å². The minimum absolute atomic E-state index is 0.194. The second-order valence-electron chi connectivity index (χ2n) is 5.36. The molecular weight excluding hydrogens is 359 g/mol. The Bertz CT molecular complexity index is 727. The highest BCUT2D eigenvalue weighted by Crippen LogP contribution is 2.55. The van der Waals surface area contributed by atoms with E-state index in [1.807, 2.05) is 17.5 Å². The summed E-state index contributed by atoms with van der Waals surface area (Å²) in [5.74, 6) is -0.318. The molecule has 1 saturated heterocycles. The molecule has 3 heterocycles. The molecule has 0 unspecified atom stereocenters. The van der Waals surface area contributed by atoms with Crippen LogP contribution >= 0.6 is 30.7 Å². The van der Waals surface area contributed by atoms with Crippen LogP contribution in [0.25, 0.3) is 0 Å². The van der Waals surface area contributed by atoms with E-state index in [4.69, 9.17) is 0 Å². The molecule has 0 aliphatic carbocycles. The van der Waals surface area contributed by atoms with Crippen LogP contribution in [-0.2, 0) is 20.6 Å². The van der Waals surface area contributed by atoms with Gasteiger partial charge in [0.15, 0.2) is 0 Å². The van der Waals surface area contributed by atoms with Gasteiger partial charge >= 0.3 is 7.60 Å². The van der Waals surface area contributed by atoms with Crippen LogP contribution in [0.3, 0.4) is 0 Å². The van der Waals surface area contributed by atoms with E-state index in [0.29, 0.717) is 11.3 Å². The topological polar surface area (TPSA) is 107 Å². The highest BCUT2D eigenvalue weighted by molar-refractivity contribution is 8.00. The minimum atomic E-state index is -4.52. The molecule has 7 nitrogen and oxygen atoms in total. The number of rotatable bonds is 4. The van der Waals surface area contributed by atoms with Crippen LogP contribution in [0.5, 0.6) is 0 Å². The maximum absolute atomic E-state index is 12.3. The number of nitrogens with zero attached hydrogens (tertiary/aromatic N) is 1. The first-order valence-electron chi connectivity index (χ1n) is 6.81.